The van der Waals surface area contributed by atoms with Gasteiger partial charge in [0.05, 0.1) is 23.1 Å². The number of ether oxygens (including phenoxy) is 1. The van der Waals surface area contributed by atoms with Gasteiger partial charge in [0.25, 0.3) is 0 Å². The van der Waals surface area contributed by atoms with Crippen LogP contribution in [0, 0.1) is 28.4 Å². The molecule has 1 fully saturated rings. The number of carbonyl (C=O) groups is 2. The molecule has 38 heavy (non-hydrogen) atoms. The van der Waals surface area contributed by atoms with Crippen molar-refractivity contribution in [1.82, 2.24) is 5.32 Å². The van der Waals surface area contributed by atoms with Crippen molar-refractivity contribution in [3.8, 4) is 6.07 Å². The predicted molar refractivity (Wildman–Crippen MR) is 141 cm³/mol. The van der Waals surface area contributed by atoms with Gasteiger partial charge >= 0.3 is 5.97 Å². The molecule has 204 valence electrons. The summed E-state index contributed by atoms with van der Waals surface area (Å²) < 4.78 is 36.6. The molecule has 2 aromatic rings. The number of benzene rings is 2. The first kappa shape index (κ1) is 30.0. The van der Waals surface area contributed by atoms with E-state index in [-0.39, 0.29) is 26.0 Å². The van der Waals surface area contributed by atoms with E-state index in [1.165, 1.54) is 24.3 Å². The summed E-state index contributed by atoms with van der Waals surface area (Å²) in [6.45, 7) is 5.23. The summed E-state index contributed by atoms with van der Waals surface area (Å²) >= 11 is 9.17. The molecule has 4 N–H and O–H groups in total. The molecule has 0 saturated carbocycles. The van der Waals surface area contributed by atoms with Crippen LogP contribution in [0.3, 0.4) is 0 Å². The van der Waals surface area contributed by atoms with Gasteiger partial charge in [-0.1, -0.05) is 50.6 Å². The second-order valence-corrected chi connectivity index (χ2v) is 11.9. The zero-order valence-electron chi connectivity index (χ0n) is 21.1. The molecular formula is C27H29BrClF2N3O4. The number of hydrogen-bond acceptors (Lipinski definition) is 6. The number of aliphatic hydroxyl groups excluding tert-OH is 1. The van der Waals surface area contributed by atoms with Gasteiger partial charge in [-0.2, -0.15) is 5.26 Å². The molecule has 1 aliphatic rings. The van der Waals surface area contributed by atoms with Crippen LogP contribution in [-0.2, 0) is 19.7 Å². The van der Waals surface area contributed by atoms with Crippen LogP contribution in [0.25, 0.3) is 0 Å². The maximum atomic E-state index is 15.6. The summed E-state index contributed by atoms with van der Waals surface area (Å²) in [6, 6.07) is 8.48. The Morgan fingerprint density at radius 3 is 2.58 bits per heavy atom. The molecule has 0 bridgehead atoms. The van der Waals surface area contributed by atoms with Crippen molar-refractivity contribution in [3.05, 3.63) is 68.7 Å². The van der Waals surface area contributed by atoms with Crippen molar-refractivity contribution >= 4 is 39.4 Å². The number of carbonyl (C=O) groups excluding carboxylic acids is 2. The molecular weight excluding hydrogens is 584 g/mol. The minimum Gasteiger partial charge on any atom is -0.462 e. The van der Waals surface area contributed by atoms with Crippen molar-refractivity contribution in [3.63, 3.8) is 0 Å². The Bertz CT molecular complexity index is 1270. The lowest BCUT2D eigenvalue weighted by Gasteiger charge is -2.37. The molecule has 5 atom stereocenters. The van der Waals surface area contributed by atoms with Gasteiger partial charge in [-0.05, 0) is 51.5 Å². The van der Waals surface area contributed by atoms with Gasteiger partial charge in [-0.25, -0.2) is 8.78 Å². The number of halogens is 4. The molecule has 1 heterocycles. The van der Waals surface area contributed by atoms with Crippen LogP contribution in [0.2, 0.25) is 5.02 Å². The predicted octanol–water partition coefficient (Wildman–Crippen LogP) is 4.48. The Morgan fingerprint density at radius 2 is 2.00 bits per heavy atom. The SMILES string of the molecule is CC(C)(C)C[C@@H]1N[C@@H](C(=O)OC[C@@H](O)CC(N)=O)[C@H](c2cccc(Br)c2F)[C@@]1(C#N)c1ccc(Cl)cc1F. The van der Waals surface area contributed by atoms with Gasteiger partial charge < -0.3 is 15.6 Å². The van der Waals surface area contributed by atoms with Gasteiger partial charge in [-0.15, -0.1) is 0 Å². The van der Waals surface area contributed by atoms with E-state index in [1.54, 1.807) is 6.07 Å². The number of esters is 1. The topological polar surface area (TPSA) is 125 Å². The number of hydrogen-bond donors (Lipinski definition) is 3. The maximum Gasteiger partial charge on any atom is 0.323 e. The average molecular weight is 613 g/mol. The number of nitrogens with two attached hydrogens (primary N) is 1. The number of rotatable bonds is 8. The van der Waals surface area contributed by atoms with Crippen molar-refractivity contribution < 1.29 is 28.2 Å². The molecule has 0 radical (unpaired) electrons. The summed E-state index contributed by atoms with van der Waals surface area (Å²) in [6.07, 6.45) is -1.47. The highest BCUT2D eigenvalue weighted by molar-refractivity contribution is 9.10. The fraction of sp³-hybridized carbons (Fsp3) is 0.444. The van der Waals surface area contributed by atoms with Crippen LogP contribution in [0.5, 0.6) is 0 Å². The number of nitriles is 1. The standard InChI is InChI=1S/C27H29BrClF2N3O4/c1-26(2,3)11-20-27(13-32,17-8-7-14(29)9-19(17)30)22(16-5-4-6-18(28)23(16)31)24(34-20)25(37)38-12-15(35)10-21(33)36/h4-9,15,20,22,24,34-35H,10-12H2,1-3H3,(H2,33,36)/t15-,20-,22-,24+,27-/m0/s1. The summed E-state index contributed by atoms with van der Waals surface area (Å²) in [5.41, 5.74) is 2.89. The Labute approximate surface area is 233 Å². The Kier molecular flexibility index (Phi) is 9.20. The van der Waals surface area contributed by atoms with Gasteiger partial charge in [0.2, 0.25) is 5.91 Å². The molecule has 11 heteroatoms. The van der Waals surface area contributed by atoms with Gasteiger partial charge in [0, 0.05) is 22.5 Å². The lowest BCUT2D eigenvalue weighted by Crippen LogP contribution is -2.44. The third kappa shape index (κ3) is 6.18. The summed E-state index contributed by atoms with van der Waals surface area (Å²) in [5.74, 6) is -4.41. The smallest absolute Gasteiger partial charge is 0.323 e. The number of primary amides is 1. The molecule has 7 nitrogen and oxygen atoms in total. The third-order valence-corrected chi connectivity index (χ3v) is 7.41. The minimum absolute atomic E-state index is 0.00109. The van der Waals surface area contributed by atoms with Crippen LogP contribution >= 0.6 is 27.5 Å². The van der Waals surface area contributed by atoms with E-state index in [4.69, 9.17) is 22.1 Å². The highest BCUT2D eigenvalue weighted by Crippen LogP contribution is 2.52. The van der Waals surface area contributed by atoms with Gasteiger partial charge in [0.1, 0.15) is 29.7 Å². The molecule has 1 saturated heterocycles. The molecule has 1 amide bonds. The van der Waals surface area contributed by atoms with Crippen molar-refractivity contribution in [2.45, 2.75) is 63.1 Å². The minimum atomic E-state index is -1.76. The number of nitrogens with zero attached hydrogens (tertiary/aromatic N) is 1. The highest BCUT2D eigenvalue weighted by Gasteiger charge is 2.61. The van der Waals surface area contributed by atoms with Crippen LogP contribution in [0.4, 0.5) is 8.78 Å². The van der Waals surface area contributed by atoms with Gasteiger partial charge in [-0.3, -0.25) is 14.9 Å². The fourth-order valence-corrected chi connectivity index (χ4v) is 5.63. The molecule has 0 aliphatic carbocycles. The van der Waals surface area contributed by atoms with Crippen LogP contribution in [-0.4, -0.2) is 41.8 Å². The van der Waals surface area contributed by atoms with E-state index in [2.05, 4.69) is 27.3 Å². The molecule has 0 unspecified atom stereocenters. The van der Waals surface area contributed by atoms with Gasteiger partial charge in [0.15, 0.2) is 0 Å². The average Bonchev–Trinajstić information content (AvgIpc) is 3.11. The number of aliphatic hydroxyl groups is 1. The third-order valence-electron chi connectivity index (χ3n) is 6.56. The Morgan fingerprint density at radius 1 is 1.32 bits per heavy atom. The monoisotopic (exact) mass is 611 g/mol. The van der Waals surface area contributed by atoms with Crippen molar-refractivity contribution in [1.29, 1.82) is 5.26 Å². The number of nitrogens with one attached hydrogen (secondary N) is 1. The Hall–Kier alpha value is -2.58. The first-order valence-electron chi connectivity index (χ1n) is 11.9. The molecule has 3 rings (SSSR count). The summed E-state index contributed by atoms with van der Waals surface area (Å²) in [7, 11) is 0. The summed E-state index contributed by atoms with van der Waals surface area (Å²) in [4.78, 5) is 24.5. The second kappa shape index (κ2) is 11.7. The normalized spacial score (nSPS) is 24.0. The van der Waals surface area contributed by atoms with Crippen LogP contribution in [0.15, 0.2) is 40.9 Å². The van der Waals surface area contributed by atoms with E-state index in [9.17, 15) is 20.0 Å². The number of amides is 1. The molecule has 2 aromatic carbocycles. The lowest BCUT2D eigenvalue weighted by molar-refractivity contribution is -0.150. The van der Waals surface area contributed by atoms with Crippen molar-refractivity contribution in [2.24, 2.45) is 11.1 Å². The van der Waals surface area contributed by atoms with Crippen LogP contribution < -0.4 is 11.1 Å². The molecule has 0 spiro atoms. The zero-order valence-corrected chi connectivity index (χ0v) is 23.4. The first-order chi connectivity index (χ1) is 17.7. The molecule has 1 aliphatic heterocycles. The highest BCUT2D eigenvalue weighted by atomic mass is 79.9. The zero-order chi connectivity index (χ0) is 28.4. The maximum absolute atomic E-state index is 15.6. The second-order valence-electron chi connectivity index (χ2n) is 10.6. The van der Waals surface area contributed by atoms with E-state index in [0.717, 1.165) is 6.07 Å². The molecule has 0 aromatic heterocycles. The quantitative estimate of drug-likeness (QED) is 0.378. The Balaban J connectivity index is 2.23. The largest absolute Gasteiger partial charge is 0.462 e. The van der Waals surface area contributed by atoms with E-state index in [0.29, 0.717) is 6.42 Å². The first-order valence-corrected chi connectivity index (χ1v) is 13.1. The fourth-order valence-electron chi connectivity index (χ4n) is 5.09. The van der Waals surface area contributed by atoms with E-state index < -0.39 is 66.1 Å². The summed E-state index contributed by atoms with van der Waals surface area (Å²) in [5, 5.41) is 24.0. The van der Waals surface area contributed by atoms with Crippen LogP contribution in [0.1, 0.15) is 50.7 Å². The lowest BCUT2D eigenvalue weighted by atomic mass is 9.62. The van der Waals surface area contributed by atoms with E-state index in [1.807, 2.05) is 20.8 Å². The van der Waals surface area contributed by atoms with Crippen molar-refractivity contribution in [2.75, 3.05) is 6.61 Å². The van der Waals surface area contributed by atoms with E-state index >= 15 is 8.78 Å².